The van der Waals surface area contributed by atoms with E-state index in [1.54, 1.807) is 16.8 Å². The molecule has 2 amide bonds. The van der Waals surface area contributed by atoms with Crippen molar-refractivity contribution in [2.24, 2.45) is 0 Å². The van der Waals surface area contributed by atoms with Crippen molar-refractivity contribution in [3.8, 4) is 16.9 Å². The Bertz CT molecular complexity index is 1060. The summed E-state index contributed by atoms with van der Waals surface area (Å²) in [7, 11) is -3.94. The largest absolute Gasteiger partial charge is 0.337 e. The number of hydrogen-bond acceptors (Lipinski definition) is 4. The number of hydrogen-bond donors (Lipinski definition) is 2. The van der Waals surface area contributed by atoms with Crippen LogP contribution in [0.1, 0.15) is 19.0 Å². The van der Waals surface area contributed by atoms with E-state index in [9.17, 15) is 13.2 Å². The Morgan fingerprint density at radius 3 is 2.39 bits per heavy atom. The van der Waals surface area contributed by atoms with Gasteiger partial charge >= 0.3 is 6.03 Å². The number of rotatable bonds is 6. The third-order valence-electron chi connectivity index (χ3n) is 4.06. The summed E-state index contributed by atoms with van der Waals surface area (Å²) in [5.41, 5.74) is 3.49. The molecule has 8 heteroatoms. The first-order valence-electron chi connectivity index (χ1n) is 8.94. The molecule has 7 nitrogen and oxygen atoms in total. The van der Waals surface area contributed by atoms with Crippen LogP contribution in [0.25, 0.3) is 16.9 Å². The quantitative estimate of drug-likeness (QED) is 0.667. The van der Waals surface area contributed by atoms with E-state index in [0.717, 1.165) is 29.1 Å². The molecule has 0 aliphatic carbocycles. The molecule has 1 aromatic heterocycles. The average molecular weight is 398 g/mol. The van der Waals surface area contributed by atoms with Crippen molar-refractivity contribution in [2.75, 3.05) is 6.54 Å². The molecule has 0 unspecified atom stereocenters. The Hall–Kier alpha value is -3.13. The minimum atomic E-state index is -3.94. The number of nitrogens with one attached hydrogen (secondary N) is 2. The molecule has 28 heavy (non-hydrogen) atoms. The number of aryl methyl sites for hydroxylation is 1. The van der Waals surface area contributed by atoms with E-state index in [1.165, 1.54) is 12.1 Å². The fourth-order valence-electron chi connectivity index (χ4n) is 2.73. The maximum Gasteiger partial charge on any atom is 0.328 e. The second-order valence-electron chi connectivity index (χ2n) is 6.30. The summed E-state index contributed by atoms with van der Waals surface area (Å²) < 4.78 is 28.5. The topological polar surface area (TPSA) is 93.1 Å². The Morgan fingerprint density at radius 1 is 1.07 bits per heavy atom. The van der Waals surface area contributed by atoms with Gasteiger partial charge in [0.15, 0.2) is 0 Å². The zero-order valence-electron chi connectivity index (χ0n) is 15.7. The van der Waals surface area contributed by atoms with Gasteiger partial charge in [-0.25, -0.2) is 22.6 Å². The molecule has 0 aliphatic heterocycles. The highest BCUT2D eigenvalue weighted by Gasteiger charge is 2.18. The zero-order chi connectivity index (χ0) is 20.1. The van der Waals surface area contributed by atoms with Gasteiger partial charge in [-0.15, -0.1) is 0 Å². The van der Waals surface area contributed by atoms with E-state index < -0.39 is 16.1 Å². The van der Waals surface area contributed by atoms with Gasteiger partial charge in [0.05, 0.1) is 22.0 Å². The molecule has 3 rings (SSSR count). The number of carbonyl (C=O) groups excluding carboxylic acids is 1. The summed E-state index contributed by atoms with van der Waals surface area (Å²) in [6.07, 6.45) is 0.717. The first-order chi connectivity index (χ1) is 13.4. The summed E-state index contributed by atoms with van der Waals surface area (Å²) in [6, 6.07) is 17.3. The third-order valence-corrected chi connectivity index (χ3v) is 5.40. The number of benzene rings is 2. The van der Waals surface area contributed by atoms with Crippen LogP contribution in [0.15, 0.2) is 65.6 Å². The van der Waals surface area contributed by atoms with Crippen LogP contribution in [0, 0.1) is 6.92 Å². The van der Waals surface area contributed by atoms with Gasteiger partial charge in [-0.1, -0.05) is 37.3 Å². The van der Waals surface area contributed by atoms with Crippen molar-refractivity contribution in [3.05, 3.63) is 66.4 Å². The van der Waals surface area contributed by atoms with Crippen LogP contribution in [0.3, 0.4) is 0 Å². The van der Waals surface area contributed by atoms with Crippen LogP contribution in [-0.4, -0.2) is 30.8 Å². The second kappa shape index (κ2) is 8.26. The molecular weight excluding hydrogens is 376 g/mol. The molecule has 0 atom stereocenters. The lowest BCUT2D eigenvalue weighted by molar-refractivity contribution is 0.246. The molecule has 2 N–H and O–H groups in total. The molecule has 0 fully saturated rings. The van der Waals surface area contributed by atoms with Gasteiger partial charge in [0.2, 0.25) is 0 Å². The first kappa shape index (κ1) is 19.6. The number of nitrogens with zero attached hydrogens (tertiary/aromatic N) is 2. The summed E-state index contributed by atoms with van der Waals surface area (Å²) in [5.74, 6) is 0. The van der Waals surface area contributed by atoms with E-state index in [-0.39, 0.29) is 4.90 Å². The van der Waals surface area contributed by atoms with E-state index in [4.69, 9.17) is 0 Å². The molecule has 3 aromatic rings. The molecule has 0 radical (unpaired) electrons. The van der Waals surface area contributed by atoms with Gasteiger partial charge in [-0.2, -0.15) is 5.10 Å². The lowest BCUT2D eigenvalue weighted by Crippen LogP contribution is -2.39. The molecule has 1 heterocycles. The smallest absolute Gasteiger partial charge is 0.328 e. The van der Waals surface area contributed by atoms with Crippen LogP contribution >= 0.6 is 0 Å². The minimum Gasteiger partial charge on any atom is -0.337 e. The number of amides is 2. The van der Waals surface area contributed by atoms with E-state index >= 15 is 0 Å². The Balaban J connectivity index is 1.87. The summed E-state index contributed by atoms with van der Waals surface area (Å²) in [6.45, 7) is 4.19. The van der Waals surface area contributed by atoms with Gasteiger partial charge in [-0.3, -0.25) is 0 Å². The Labute approximate surface area is 164 Å². The molecule has 0 bridgehead atoms. The van der Waals surface area contributed by atoms with Crippen molar-refractivity contribution in [3.63, 3.8) is 0 Å². The highest BCUT2D eigenvalue weighted by molar-refractivity contribution is 7.90. The van der Waals surface area contributed by atoms with Gasteiger partial charge in [0.25, 0.3) is 10.0 Å². The first-order valence-corrected chi connectivity index (χ1v) is 10.4. The number of urea groups is 1. The third kappa shape index (κ3) is 4.40. The maximum absolute atomic E-state index is 12.4. The molecule has 0 aliphatic rings. The fraction of sp³-hybridized carbons (Fsp3) is 0.200. The lowest BCUT2D eigenvalue weighted by atomic mass is 10.1. The summed E-state index contributed by atoms with van der Waals surface area (Å²) >= 11 is 0. The monoisotopic (exact) mass is 398 g/mol. The second-order valence-corrected chi connectivity index (χ2v) is 7.99. The number of aromatic nitrogens is 2. The molecule has 0 spiro atoms. The van der Waals surface area contributed by atoms with Gasteiger partial charge in [-0.05, 0) is 43.7 Å². The zero-order valence-corrected chi connectivity index (χ0v) is 16.5. The summed E-state index contributed by atoms with van der Waals surface area (Å²) in [5, 5.41) is 7.00. The van der Waals surface area contributed by atoms with Crippen molar-refractivity contribution >= 4 is 16.1 Å². The standard InChI is InChI=1S/C20H22N4O3S/c1-3-13-21-20(25)23-28(26,27)18-11-9-17(10-12-18)24-19(14-15(2)22-24)16-7-5-4-6-8-16/h4-12,14H,3,13H2,1-2H3,(H2,21,23,25). The van der Waals surface area contributed by atoms with Crippen LogP contribution in [0.5, 0.6) is 0 Å². The molecule has 146 valence electrons. The Morgan fingerprint density at radius 2 is 1.75 bits per heavy atom. The van der Waals surface area contributed by atoms with Crippen LogP contribution in [0.2, 0.25) is 0 Å². The van der Waals surface area contributed by atoms with Crippen LogP contribution in [0.4, 0.5) is 4.79 Å². The Kier molecular flexibility index (Phi) is 5.79. The highest BCUT2D eigenvalue weighted by atomic mass is 32.2. The normalized spacial score (nSPS) is 11.2. The van der Waals surface area contributed by atoms with E-state index in [0.29, 0.717) is 6.54 Å². The predicted molar refractivity (Wildman–Crippen MR) is 108 cm³/mol. The van der Waals surface area contributed by atoms with Gasteiger partial charge in [0, 0.05) is 12.1 Å². The number of sulfonamides is 1. The molecular formula is C20H22N4O3S. The van der Waals surface area contributed by atoms with Crippen molar-refractivity contribution in [1.82, 2.24) is 19.8 Å². The van der Waals surface area contributed by atoms with E-state index in [2.05, 4.69) is 10.4 Å². The predicted octanol–water partition coefficient (Wildman–Crippen LogP) is 3.25. The van der Waals surface area contributed by atoms with Crippen LogP contribution < -0.4 is 10.0 Å². The van der Waals surface area contributed by atoms with Crippen molar-refractivity contribution < 1.29 is 13.2 Å². The molecule has 2 aromatic carbocycles. The van der Waals surface area contributed by atoms with Gasteiger partial charge < -0.3 is 5.32 Å². The minimum absolute atomic E-state index is 0.00744. The van der Waals surface area contributed by atoms with Crippen molar-refractivity contribution in [1.29, 1.82) is 0 Å². The average Bonchev–Trinajstić information content (AvgIpc) is 3.08. The highest BCUT2D eigenvalue weighted by Crippen LogP contribution is 2.24. The number of carbonyl (C=O) groups is 1. The molecule has 0 saturated heterocycles. The summed E-state index contributed by atoms with van der Waals surface area (Å²) in [4.78, 5) is 11.7. The van der Waals surface area contributed by atoms with E-state index in [1.807, 2.05) is 55.0 Å². The van der Waals surface area contributed by atoms with Crippen LogP contribution in [-0.2, 0) is 10.0 Å². The van der Waals surface area contributed by atoms with Gasteiger partial charge in [0.1, 0.15) is 0 Å². The fourth-order valence-corrected chi connectivity index (χ4v) is 3.66. The SMILES string of the molecule is CCCNC(=O)NS(=O)(=O)c1ccc(-n2nc(C)cc2-c2ccccc2)cc1. The van der Waals surface area contributed by atoms with Crippen molar-refractivity contribution in [2.45, 2.75) is 25.2 Å². The lowest BCUT2D eigenvalue weighted by Gasteiger charge is -2.10. The maximum atomic E-state index is 12.4. The molecule has 0 saturated carbocycles.